The van der Waals surface area contributed by atoms with Crippen LogP contribution in [0.2, 0.25) is 5.02 Å². The quantitative estimate of drug-likeness (QED) is 0.753. The van der Waals surface area contributed by atoms with Gasteiger partial charge in [0.15, 0.2) is 0 Å². The zero-order chi connectivity index (χ0) is 16.4. The molecule has 0 saturated carbocycles. The van der Waals surface area contributed by atoms with Gasteiger partial charge in [0.05, 0.1) is 22.6 Å². The Balaban J connectivity index is 3.32. The molecular weight excluding hydrogens is 390 g/mol. The lowest BCUT2D eigenvalue weighted by molar-refractivity contribution is -0.140. The molecule has 1 aromatic carbocycles. The van der Waals surface area contributed by atoms with E-state index in [0.717, 1.165) is 23.5 Å². The van der Waals surface area contributed by atoms with E-state index in [9.17, 15) is 18.0 Å². The summed E-state index contributed by atoms with van der Waals surface area (Å²) >= 11 is 8.79. The molecule has 1 aromatic rings. The second-order valence-electron chi connectivity index (χ2n) is 3.91. The molecule has 0 heterocycles. The van der Waals surface area contributed by atoms with Crippen LogP contribution >= 0.6 is 27.5 Å². The number of carboxylic acid groups (broad SMARTS) is 1. The number of likely N-dealkylation sites (N-methyl/N-ethyl adjacent to an activating group) is 1. The highest BCUT2D eigenvalue weighted by Gasteiger charge is 2.26. The van der Waals surface area contributed by atoms with Crippen LogP contribution in [0.25, 0.3) is 0 Å². The van der Waals surface area contributed by atoms with Gasteiger partial charge in [0.1, 0.15) is 6.54 Å². The second-order valence-corrected chi connectivity index (χ2v) is 7.19. The smallest absolute Gasteiger partial charge is 0.337 e. The average Bonchev–Trinajstić information content (AvgIpc) is 2.40. The number of carbonyl (C=O) groups excluding carboxylic acids is 1. The van der Waals surface area contributed by atoms with Crippen molar-refractivity contribution in [2.45, 2.75) is 4.90 Å². The van der Waals surface area contributed by atoms with Crippen molar-refractivity contribution in [3.8, 4) is 0 Å². The molecule has 116 valence electrons. The van der Waals surface area contributed by atoms with E-state index in [4.69, 9.17) is 16.7 Å². The number of nitrogens with zero attached hydrogens (tertiary/aromatic N) is 1. The number of hydrogen-bond donors (Lipinski definition) is 1. The lowest BCUT2D eigenvalue weighted by Gasteiger charge is -2.16. The van der Waals surface area contributed by atoms with Crippen LogP contribution < -0.4 is 0 Å². The summed E-state index contributed by atoms with van der Waals surface area (Å²) < 4.78 is 29.8. The maximum atomic E-state index is 12.3. The van der Waals surface area contributed by atoms with Crippen molar-refractivity contribution >= 4 is 49.5 Å². The van der Waals surface area contributed by atoms with E-state index in [1.165, 1.54) is 7.05 Å². The first kappa shape index (κ1) is 17.9. The number of hydrogen-bond acceptors (Lipinski definition) is 5. The molecule has 0 radical (unpaired) electrons. The highest BCUT2D eigenvalue weighted by Crippen LogP contribution is 2.30. The van der Waals surface area contributed by atoms with Gasteiger partial charge < -0.3 is 9.84 Å². The van der Waals surface area contributed by atoms with Gasteiger partial charge in [0.2, 0.25) is 10.0 Å². The van der Waals surface area contributed by atoms with E-state index < -0.39 is 28.5 Å². The zero-order valence-corrected chi connectivity index (χ0v) is 14.1. The molecule has 10 heteroatoms. The Morgan fingerprint density at radius 1 is 1.43 bits per heavy atom. The first-order valence-corrected chi connectivity index (χ1v) is 7.97. The number of carbonyl (C=O) groups is 2. The number of rotatable bonds is 5. The standard InChI is InChI=1S/C11H11BrClNO6S/c1-14(5-9(15)20-2)21(18,19)6-3-7(11(16)17)10(13)8(12)4-6/h3-4H,5H2,1-2H3,(H,16,17). The number of carboxylic acids is 1. The van der Waals surface area contributed by atoms with Gasteiger partial charge in [0, 0.05) is 11.5 Å². The third-order valence-corrected chi connectivity index (χ3v) is 5.56. The molecule has 7 nitrogen and oxygen atoms in total. The molecule has 0 spiro atoms. The number of sulfonamides is 1. The molecule has 0 amide bonds. The Morgan fingerprint density at radius 3 is 2.48 bits per heavy atom. The van der Waals surface area contributed by atoms with E-state index in [1.54, 1.807) is 0 Å². The SMILES string of the molecule is COC(=O)CN(C)S(=O)(=O)c1cc(Br)c(Cl)c(C(=O)O)c1. The van der Waals surface area contributed by atoms with Crippen molar-refractivity contribution in [2.75, 3.05) is 20.7 Å². The van der Waals surface area contributed by atoms with Gasteiger partial charge in [-0.25, -0.2) is 13.2 Å². The van der Waals surface area contributed by atoms with Crippen LogP contribution in [0, 0.1) is 0 Å². The predicted molar refractivity (Wildman–Crippen MR) is 77.9 cm³/mol. The minimum atomic E-state index is -4.06. The van der Waals surface area contributed by atoms with Crippen molar-refractivity contribution < 1.29 is 27.9 Å². The number of halogens is 2. The summed E-state index contributed by atoms with van der Waals surface area (Å²) in [5, 5.41) is 8.90. The summed E-state index contributed by atoms with van der Waals surface area (Å²) in [4.78, 5) is 21.9. The van der Waals surface area contributed by atoms with E-state index in [1.807, 2.05) is 0 Å². The normalized spacial score (nSPS) is 11.5. The van der Waals surface area contributed by atoms with Crippen LogP contribution in [-0.4, -0.2) is 50.5 Å². The number of benzene rings is 1. The molecule has 0 saturated heterocycles. The maximum absolute atomic E-state index is 12.3. The van der Waals surface area contributed by atoms with Crippen LogP contribution in [0.3, 0.4) is 0 Å². The minimum absolute atomic E-state index is 0.114. The van der Waals surface area contributed by atoms with Gasteiger partial charge in [-0.2, -0.15) is 4.31 Å². The predicted octanol–water partition coefficient (Wildman–Crippen LogP) is 1.59. The van der Waals surface area contributed by atoms with Crippen LogP contribution in [0.5, 0.6) is 0 Å². The first-order valence-electron chi connectivity index (χ1n) is 5.36. The fourth-order valence-electron chi connectivity index (χ4n) is 1.38. The number of aromatic carboxylic acids is 1. The molecule has 0 aromatic heterocycles. The first-order chi connectivity index (χ1) is 9.61. The van der Waals surface area contributed by atoms with Crippen molar-refractivity contribution in [2.24, 2.45) is 0 Å². The van der Waals surface area contributed by atoms with Crippen molar-refractivity contribution in [3.63, 3.8) is 0 Å². The number of methoxy groups -OCH3 is 1. The highest BCUT2D eigenvalue weighted by molar-refractivity contribution is 9.10. The molecule has 0 aliphatic rings. The van der Waals surface area contributed by atoms with E-state index in [-0.39, 0.29) is 20.0 Å². The monoisotopic (exact) mass is 399 g/mol. The topological polar surface area (TPSA) is 101 Å². The molecule has 0 unspecified atom stereocenters. The van der Waals surface area contributed by atoms with Gasteiger partial charge >= 0.3 is 11.9 Å². The molecule has 0 bridgehead atoms. The van der Waals surface area contributed by atoms with Crippen LogP contribution in [0.4, 0.5) is 0 Å². The fourth-order valence-corrected chi connectivity index (χ4v) is 3.35. The van der Waals surface area contributed by atoms with Crippen LogP contribution in [0.1, 0.15) is 10.4 Å². The van der Waals surface area contributed by atoms with Gasteiger partial charge in [-0.3, -0.25) is 4.79 Å². The van der Waals surface area contributed by atoms with Crippen molar-refractivity contribution in [1.29, 1.82) is 0 Å². The molecule has 0 atom stereocenters. The Bertz CT molecular complexity index is 690. The van der Waals surface area contributed by atoms with Gasteiger partial charge in [0.25, 0.3) is 0 Å². The molecule has 21 heavy (non-hydrogen) atoms. The molecule has 0 fully saturated rings. The van der Waals surface area contributed by atoms with Gasteiger partial charge in [-0.05, 0) is 28.1 Å². The summed E-state index contributed by atoms with van der Waals surface area (Å²) in [7, 11) is -1.75. The summed E-state index contributed by atoms with van der Waals surface area (Å²) in [6.07, 6.45) is 0. The van der Waals surface area contributed by atoms with Crippen molar-refractivity contribution in [1.82, 2.24) is 4.31 Å². The highest BCUT2D eigenvalue weighted by atomic mass is 79.9. The largest absolute Gasteiger partial charge is 0.478 e. The van der Waals surface area contributed by atoms with E-state index in [0.29, 0.717) is 0 Å². The van der Waals surface area contributed by atoms with Gasteiger partial charge in [-0.15, -0.1) is 0 Å². The fraction of sp³-hybridized carbons (Fsp3) is 0.273. The van der Waals surface area contributed by atoms with Gasteiger partial charge in [-0.1, -0.05) is 11.6 Å². The Morgan fingerprint density at radius 2 is 2.00 bits per heavy atom. The van der Waals surface area contributed by atoms with E-state index >= 15 is 0 Å². The Kier molecular flexibility index (Phi) is 5.74. The summed E-state index contributed by atoms with van der Waals surface area (Å²) in [6.45, 7) is -0.499. The Labute approximate surface area is 134 Å². The number of esters is 1. The molecule has 0 aliphatic heterocycles. The summed E-state index contributed by atoms with van der Waals surface area (Å²) in [5.41, 5.74) is -0.365. The lowest BCUT2D eigenvalue weighted by atomic mass is 10.2. The average molecular weight is 401 g/mol. The summed E-state index contributed by atoms with van der Waals surface area (Å²) in [5.74, 6) is -2.11. The summed E-state index contributed by atoms with van der Waals surface area (Å²) in [6, 6.07) is 2.09. The van der Waals surface area contributed by atoms with E-state index in [2.05, 4.69) is 20.7 Å². The third-order valence-electron chi connectivity index (χ3n) is 2.52. The third kappa shape index (κ3) is 3.94. The molecule has 1 N–H and O–H groups in total. The molecule has 0 aliphatic carbocycles. The molecule has 1 rings (SSSR count). The van der Waals surface area contributed by atoms with Crippen molar-refractivity contribution in [3.05, 3.63) is 27.2 Å². The van der Waals surface area contributed by atoms with Crippen LogP contribution in [-0.2, 0) is 19.6 Å². The maximum Gasteiger partial charge on any atom is 0.337 e. The van der Waals surface area contributed by atoms with Crippen LogP contribution in [0.15, 0.2) is 21.5 Å². The zero-order valence-electron chi connectivity index (χ0n) is 11.0. The lowest BCUT2D eigenvalue weighted by Crippen LogP contribution is -2.32. The Hall–Kier alpha value is -1.16. The second kappa shape index (κ2) is 6.73. The molecular formula is C11H11BrClNO6S. The number of ether oxygens (including phenoxy) is 1. The minimum Gasteiger partial charge on any atom is -0.478 e.